The van der Waals surface area contributed by atoms with E-state index < -0.39 is 0 Å². The minimum atomic E-state index is -0.00896. The lowest BCUT2D eigenvalue weighted by molar-refractivity contribution is -0.683. The average Bonchev–Trinajstić information content (AvgIpc) is 3.45. The van der Waals surface area contributed by atoms with E-state index in [1.54, 1.807) is 18.4 Å². The number of benzene rings is 1. The van der Waals surface area contributed by atoms with E-state index in [-0.39, 0.29) is 23.1 Å². The van der Waals surface area contributed by atoms with Crippen LogP contribution in [0.15, 0.2) is 41.4 Å². The summed E-state index contributed by atoms with van der Waals surface area (Å²) in [7, 11) is 1.74. The third kappa shape index (κ3) is 19.8. The molecule has 0 aliphatic heterocycles. The van der Waals surface area contributed by atoms with Crippen molar-refractivity contribution in [3.05, 3.63) is 52.5 Å². The van der Waals surface area contributed by atoms with Crippen LogP contribution in [0, 0.1) is 0 Å². The van der Waals surface area contributed by atoms with Crippen LogP contribution in [0.25, 0.3) is 0 Å². The van der Waals surface area contributed by atoms with Crippen molar-refractivity contribution in [3.63, 3.8) is 0 Å². The standard InChI is InChI=1S/C33H56NO3S.BrH/c1-3-4-5-6-7-8-9-10-11-12-13-14-15-16-17-18-24-36-28-33(35-2)29-37-27-32-21-19-31(20-22-32)26-34-23-25-38-30-34;/h19-23,25,30,33H,3-18,24,26-29H2,1-2H3;1H/q+1;/p-1. The third-order valence-electron chi connectivity index (χ3n) is 7.27. The van der Waals surface area contributed by atoms with Crippen LogP contribution in [0.1, 0.15) is 121 Å². The SMILES string of the molecule is CCCCCCCCCCCCCCCCCCOCC(COCc1ccc(C[n+]2ccsc2)cc1)OC.[Br-]. The number of halogens is 1. The maximum absolute atomic E-state index is 5.90. The first-order valence-corrected chi connectivity index (χ1v) is 16.4. The largest absolute Gasteiger partial charge is 1.00 e. The van der Waals surface area contributed by atoms with Gasteiger partial charge in [-0.25, -0.2) is 0 Å². The number of thiazole rings is 1. The smallest absolute Gasteiger partial charge is 0.224 e. The van der Waals surface area contributed by atoms with Gasteiger partial charge in [0.05, 0.1) is 25.2 Å². The fraction of sp³-hybridized carbons (Fsp3) is 0.727. The summed E-state index contributed by atoms with van der Waals surface area (Å²) in [5.41, 5.74) is 4.62. The number of hydrogen-bond acceptors (Lipinski definition) is 4. The lowest BCUT2D eigenvalue weighted by Gasteiger charge is -2.16. The van der Waals surface area contributed by atoms with Gasteiger partial charge in [0, 0.05) is 19.3 Å². The Bertz CT molecular complexity index is 757. The molecule has 0 fully saturated rings. The molecule has 6 heteroatoms. The lowest BCUT2D eigenvalue weighted by Crippen LogP contribution is -3.00. The van der Waals surface area contributed by atoms with Gasteiger partial charge in [-0.1, -0.05) is 139 Å². The second kappa shape index (κ2) is 26.1. The Hall–Kier alpha value is -0.790. The fourth-order valence-electron chi connectivity index (χ4n) is 4.76. The van der Waals surface area contributed by atoms with Gasteiger partial charge in [0.25, 0.3) is 0 Å². The average molecular weight is 627 g/mol. The van der Waals surface area contributed by atoms with Crippen molar-refractivity contribution in [1.29, 1.82) is 0 Å². The Morgan fingerprint density at radius 2 is 1.21 bits per heavy atom. The number of nitrogens with zero attached hydrogens (tertiary/aromatic N) is 1. The Kier molecular flexibility index (Phi) is 24.3. The summed E-state index contributed by atoms with van der Waals surface area (Å²) in [6.45, 7) is 5.79. The van der Waals surface area contributed by atoms with E-state index in [9.17, 15) is 0 Å². The van der Waals surface area contributed by atoms with Gasteiger partial charge in [0.2, 0.25) is 5.51 Å². The summed E-state index contributed by atoms with van der Waals surface area (Å²) in [6, 6.07) is 8.66. The maximum atomic E-state index is 5.90. The molecule has 0 amide bonds. The first-order chi connectivity index (χ1) is 18.8. The highest BCUT2D eigenvalue weighted by Gasteiger charge is 2.09. The molecule has 4 nitrogen and oxygen atoms in total. The van der Waals surface area contributed by atoms with Crippen LogP contribution in [0.4, 0.5) is 0 Å². The molecule has 1 unspecified atom stereocenters. The Labute approximate surface area is 254 Å². The first kappa shape index (κ1) is 36.2. The summed E-state index contributed by atoms with van der Waals surface area (Å²) < 4.78 is 19.5. The molecule has 1 atom stereocenters. The number of hydrogen-bond donors (Lipinski definition) is 0. The van der Waals surface area contributed by atoms with Crippen LogP contribution in [-0.4, -0.2) is 33.0 Å². The summed E-state index contributed by atoms with van der Waals surface area (Å²) >= 11 is 1.72. The van der Waals surface area contributed by atoms with E-state index in [1.165, 1.54) is 107 Å². The molecule has 2 rings (SSSR count). The molecule has 0 spiro atoms. The maximum Gasteiger partial charge on any atom is 0.224 e. The summed E-state index contributed by atoms with van der Waals surface area (Å²) in [5, 5.41) is 2.10. The van der Waals surface area contributed by atoms with Crippen LogP contribution < -0.4 is 21.5 Å². The molecule has 39 heavy (non-hydrogen) atoms. The molecule has 0 aliphatic carbocycles. The number of methoxy groups -OCH3 is 1. The van der Waals surface area contributed by atoms with Gasteiger partial charge < -0.3 is 31.2 Å². The van der Waals surface area contributed by atoms with Gasteiger partial charge in [-0.15, -0.1) is 0 Å². The van der Waals surface area contributed by atoms with Gasteiger partial charge in [0.1, 0.15) is 6.10 Å². The predicted octanol–water partition coefficient (Wildman–Crippen LogP) is 5.90. The molecule has 0 saturated heterocycles. The monoisotopic (exact) mass is 625 g/mol. The van der Waals surface area contributed by atoms with Crippen LogP contribution in [-0.2, 0) is 27.4 Å². The molecule has 1 heterocycles. The van der Waals surface area contributed by atoms with E-state index in [2.05, 4.69) is 52.8 Å². The van der Waals surface area contributed by atoms with Crippen LogP contribution in [0.3, 0.4) is 0 Å². The summed E-state index contributed by atoms with van der Waals surface area (Å²) in [6.07, 6.45) is 24.4. The molecule has 1 aromatic heterocycles. The molecule has 0 radical (unpaired) electrons. The summed E-state index contributed by atoms with van der Waals surface area (Å²) in [4.78, 5) is 0. The van der Waals surface area contributed by atoms with Crippen molar-refractivity contribution in [2.45, 2.75) is 129 Å². The zero-order valence-electron chi connectivity index (χ0n) is 24.9. The Morgan fingerprint density at radius 3 is 1.72 bits per heavy atom. The molecule has 1 aromatic carbocycles. The number of unbranched alkanes of at least 4 members (excludes halogenated alkanes) is 15. The molecule has 0 aliphatic rings. The molecular weight excluding hydrogens is 570 g/mol. The quantitative estimate of drug-likeness (QED) is 0.0964. The molecule has 0 saturated carbocycles. The fourth-order valence-corrected chi connectivity index (χ4v) is 5.36. The van der Waals surface area contributed by atoms with Crippen LogP contribution >= 0.6 is 11.3 Å². The Morgan fingerprint density at radius 1 is 0.692 bits per heavy atom. The van der Waals surface area contributed by atoms with Crippen molar-refractivity contribution in [2.75, 3.05) is 26.9 Å². The highest BCUT2D eigenvalue weighted by atomic mass is 79.9. The minimum Gasteiger partial charge on any atom is -1.00 e. The first-order valence-electron chi connectivity index (χ1n) is 15.5. The minimum absolute atomic E-state index is 0. The molecule has 2 aromatic rings. The molecule has 0 bridgehead atoms. The van der Waals surface area contributed by atoms with Gasteiger partial charge in [-0.05, 0) is 12.0 Å². The highest BCUT2D eigenvalue weighted by Crippen LogP contribution is 2.14. The van der Waals surface area contributed by atoms with Gasteiger partial charge in [0.15, 0.2) is 12.7 Å². The van der Waals surface area contributed by atoms with E-state index in [0.717, 1.165) is 19.6 Å². The second-order valence-electron chi connectivity index (χ2n) is 10.8. The molecule has 0 N–H and O–H groups in total. The van der Waals surface area contributed by atoms with Crippen molar-refractivity contribution >= 4 is 11.3 Å². The van der Waals surface area contributed by atoms with Crippen molar-refractivity contribution in [3.8, 4) is 0 Å². The molecule has 224 valence electrons. The zero-order valence-corrected chi connectivity index (χ0v) is 27.3. The second-order valence-corrected chi connectivity index (χ2v) is 11.5. The predicted molar refractivity (Wildman–Crippen MR) is 161 cm³/mol. The summed E-state index contributed by atoms with van der Waals surface area (Å²) in [5.74, 6) is 0. The molecular formula is C33H56BrNO3S. The lowest BCUT2D eigenvalue weighted by atomic mass is 10.0. The highest BCUT2D eigenvalue weighted by molar-refractivity contribution is 7.07. The van der Waals surface area contributed by atoms with E-state index in [4.69, 9.17) is 14.2 Å². The van der Waals surface area contributed by atoms with E-state index in [1.807, 2.05) is 0 Å². The normalized spacial score (nSPS) is 11.9. The van der Waals surface area contributed by atoms with Crippen molar-refractivity contribution in [2.24, 2.45) is 0 Å². The van der Waals surface area contributed by atoms with E-state index >= 15 is 0 Å². The van der Waals surface area contributed by atoms with E-state index in [0.29, 0.717) is 19.8 Å². The van der Waals surface area contributed by atoms with Crippen molar-refractivity contribution < 1.29 is 35.8 Å². The third-order valence-corrected chi connectivity index (χ3v) is 7.94. The number of ether oxygens (including phenoxy) is 3. The van der Waals surface area contributed by atoms with Gasteiger partial charge in [-0.3, -0.25) is 0 Å². The topological polar surface area (TPSA) is 31.6 Å². The van der Waals surface area contributed by atoms with Crippen molar-refractivity contribution in [1.82, 2.24) is 0 Å². The Balaban J connectivity index is 0.00000760. The number of aromatic nitrogens is 1. The van der Waals surface area contributed by atoms with Gasteiger partial charge >= 0.3 is 0 Å². The van der Waals surface area contributed by atoms with Crippen LogP contribution in [0.2, 0.25) is 0 Å². The van der Waals surface area contributed by atoms with Gasteiger partial charge in [-0.2, -0.15) is 4.57 Å². The van der Waals surface area contributed by atoms with Crippen LogP contribution in [0.5, 0.6) is 0 Å². The zero-order chi connectivity index (χ0) is 26.9. The number of rotatable bonds is 26.